The topological polar surface area (TPSA) is 170 Å². The molecule has 204 valence electrons. The van der Waals surface area contributed by atoms with Crippen LogP contribution in [-0.2, 0) is 15.8 Å². The Balaban J connectivity index is 1.79. The number of pyridine rings is 1. The molecule has 1 N–H and O–H groups in total. The minimum absolute atomic E-state index is 0.0402. The molecule has 4 rings (SSSR count). The minimum atomic E-state index is -4.25. The number of rotatable bonds is 11. The van der Waals surface area contributed by atoms with E-state index >= 15 is 0 Å². The number of hydrogen-bond acceptors (Lipinski definition) is 12. The molecule has 3 aromatic heterocycles. The Morgan fingerprint density at radius 1 is 0.949 bits per heavy atom. The van der Waals surface area contributed by atoms with Gasteiger partial charge in [-0.1, -0.05) is 12.1 Å². The normalized spacial score (nSPS) is 11.1. The lowest BCUT2D eigenvalue weighted by Crippen LogP contribution is -2.34. The fourth-order valence-corrected chi connectivity index (χ4v) is 4.48. The Bertz CT molecular complexity index is 1550. The molecule has 0 radical (unpaired) electrons. The van der Waals surface area contributed by atoms with Crippen LogP contribution in [0.15, 0.2) is 48.8 Å². The molecule has 0 saturated carbocycles. The number of benzene rings is 1. The van der Waals surface area contributed by atoms with Gasteiger partial charge in [-0.25, -0.2) is 28.1 Å². The highest BCUT2D eigenvalue weighted by atomic mass is 32.2. The summed E-state index contributed by atoms with van der Waals surface area (Å²) < 4.78 is 50.5. The van der Waals surface area contributed by atoms with Crippen LogP contribution in [0, 0.1) is 0 Å². The van der Waals surface area contributed by atoms with Crippen molar-refractivity contribution in [3.8, 4) is 40.3 Å². The number of nitrogens with one attached hydrogen (secondary N) is 1. The highest BCUT2D eigenvalue weighted by Crippen LogP contribution is 2.36. The van der Waals surface area contributed by atoms with Crippen molar-refractivity contribution in [1.29, 1.82) is 0 Å². The molecule has 15 heteroatoms. The molecule has 0 aliphatic rings. The number of hydrogen-bond donors (Lipinski definition) is 1. The molecule has 0 saturated heterocycles. The number of aromatic nitrogens is 6. The number of carbonyl (C=O) groups is 1. The van der Waals surface area contributed by atoms with E-state index in [0.717, 1.165) is 0 Å². The average molecular weight is 556 g/mol. The first-order valence-electron chi connectivity index (χ1n) is 11.5. The van der Waals surface area contributed by atoms with Gasteiger partial charge >= 0.3 is 5.91 Å². The Labute approximate surface area is 224 Å². The zero-order valence-corrected chi connectivity index (χ0v) is 22.3. The van der Waals surface area contributed by atoms with Crippen LogP contribution >= 0.6 is 0 Å². The second kappa shape index (κ2) is 11.7. The zero-order valence-electron chi connectivity index (χ0n) is 21.5. The van der Waals surface area contributed by atoms with Gasteiger partial charge in [0.1, 0.15) is 34.5 Å². The first kappa shape index (κ1) is 27.3. The van der Waals surface area contributed by atoms with E-state index in [2.05, 4.69) is 25.1 Å². The first-order valence-corrected chi connectivity index (χ1v) is 13.1. The minimum Gasteiger partial charge on any atom is -0.494 e. The Morgan fingerprint density at radius 2 is 1.62 bits per heavy atom. The average Bonchev–Trinajstić information content (AvgIpc) is 3.38. The fourth-order valence-electron chi connectivity index (χ4n) is 3.54. The van der Waals surface area contributed by atoms with E-state index in [9.17, 15) is 13.2 Å². The number of sulfonamides is 1. The lowest BCUT2D eigenvalue weighted by atomic mass is 10.2. The molecule has 3 heterocycles. The van der Waals surface area contributed by atoms with Crippen molar-refractivity contribution in [2.75, 3.05) is 27.9 Å². The maximum absolute atomic E-state index is 13.4. The fraction of sp³-hybridized carbons (Fsp3) is 0.250. The number of methoxy groups -OCH3 is 3. The van der Waals surface area contributed by atoms with Crippen molar-refractivity contribution in [2.45, 2.75) is 12.7 Å². The third kappa shape index (κ3) is 6.04. The summed E-state index contributed by atoms with van der Waals surface area (Å²) in [5.74, 6) is -0.730. The Morgan fingerprint density at radius 3 is 2.23 bits per heavy atom. The quantitative estimate of drug-likeness (QED) is 0.285. The highest BCUT2D eigenvalue weighted by molar-refractivity contribution is 7.89. The molecular formula is C24H25N7O7S. The van der Waals surface area contributed by atoms with Gasteiger partial charge in [0.15, 0.2) is 11.6 Å². The molecule has 1 aromatic carbocycles. The van der Waals surface area contributed by atoms with Crippen LogP contribution in [0.4, 0.5) is 0 Å². The summed E-state index contributed by atoms with van der Waals surface area (Å²) in [6, 6.07) is 9.99. The van der Waals surface area contributed by atoms with Crippen LogP contribution in [0.5, 0.6) is 23.1 Å². The van der Waals surface area contributed by atoms with Gasteiger partial charge < -0.3 is 18.9 Å². The molecule has 14 nitrogen and oxygen atoms in total. The largest absolute Gasteiger partial charge is 0.494 e. The first-order chi connectivity index (χ1) is 18.8. The van der Waals surface area contributed by atoms with E-state index < -0.39 is 21.7 Å². The summed E-state index contributed by atoms with van der Waals surface area (Å²) in [7, 11) is 0.0633. The van der Waals surface area contributed by atoms with Gasteiger partial charge in [-0.05, 0) is 25.1 Å². The molecule has 1 amide bonds. The third-order valence-electron chi connectivity index (χ3n) is 5.22. The standard InChI is InChI=1S/C24H25N7O7S/c1-5-38-20-11-6-8-16(27-20)22-28-29-23(31(22)21-17(36-3)9-7-10-18(21)37-4)24(32)30-39(33,34)14-19-25-12-15(35-2)13-26-19/h6-13H,5,14H2,1-4H3,(H,30,32). The van der Waals surface area contributed by atoms with Crippen LogP contribution in [0.25, 0.3) is 17.2 Å². The molecule has 0 aliphatic heterocycles. The summed E-state index contributed by atoms with van der Waals surface area (Å²) >= 11 is 0. The highest BCUT2D eigenvalue weighted by Gasteiger charge is 2.29. The SMILES string of the molecule is CCOc1cccc(-c2nnc(C(=O)NS(=O)(=O)Cc3ncc(OC)cn3)n2-c2c(OC)cccc2OC)n1. The van der Waals surface area contributed by atoms with Crippen molar-refractivity contribution >= 4 is 15.9 Å². The van der Waals surface area contributed by atoms with Crippen molar-refractivity contribution in [2.24, 2.45) is 0 Å². The van der Waals surface area contributed by atoms with E-state index in [1.165, 1.54) is 38.3 Å². The molecule has 0 fully saturated rings. The van der Waals surface area contributed by atoms with E-state index in [4.69, 9.17) is 18.9 Å². The van der Waals surface area contributed by atoms with Gasteiger partial charge in [-0.2, -0.15) is 0 Å². The Hall–Kier alpha value is -4.79. The molecule has 0 atom stereocenters. The molecule has 0 spiro atoms. The van der Waals surface area contributed by atoms with Crippen LogP contribution in [0.1, 0.15) is 23.4 Å². The van der Waals surface area contributed by atoms with Gasteiger partial charge in [0, 0.05) is 6.07 Å². The van der Waals surface area contributed by atoms with Gasteiger partial charge in [-0.15, -0.1) is 10.2 Å². The van der Waals surface area contributed by atoms with E-state index in [-0.39, 0.29) is 23.2 Å². The zero-order chi connectivity index (χ0) is 28.0. The molecule has 0 unspecified atom stereocenters. The van der Waals surface area contributed by atoms with Crippen molar-refractivity contribution < 1.29 is 32.2 Å². The lowest BCUT2D eigenvalue weighted by molar-refractivity contribution is 0.0969. The molecule has 4 aromatic rings. The van der Waals surface area contributed by atoms with E-state index in [0.29, 0.717) is 35.4 Å². The summed E-state index contributed by atoms with van der Waals surface area (Å²) in [5, 5.41) is 8.16. The summed E-state index contributed by atoms with van der Waals surface area (Å²) in [6.07, 6.45) is 2.64. The summed E-state index contributed by atoms with van der Waals surface area (Å²) in [4.78, 5) is 25.7. The second-order valence-electron chi connectivity index (χ2n) is 7.72. The molecule has 0 aliphatic carbocycles. The summed E-state index contributed by atoms with van der Waals surface area (Å²) in [6.45, 7) is 2.20. The van der Waals surface area contributed by atoms with Crippen molar-refractivity contribution in [3.63, 3.8) is 0 Å². The summed E-state index contributed by atoms with van der Waals surface area (Å²) in [5.41, 5.74) is 0.557. The molecular weight excluding hydrogens is 530 g/mol. The van der Waals surface area contributed by atoms with Crippen LogP contribution in [0.2, 0.25) is 0 Å². The maximum atomic E-state index is 13.4. The van der Waals surface area contributed by atoms with Gasteiger partial charge in [0.25, 0.3) is 0 Å². The number of nitrogens with zero attached hydrogens (tertiary/aromatic N) is 6. The predicted octanol–water partition coefficient (Wildman–Crippen LogP) is 1.80. The number of carbonyl (C=O) groups excluding carboxylic acids is 1. The molecule has 0 bridgehead atoms. The van der Waals surface area contributed by atoms with Crippen LogP contribution in [0.3, 0.4) is 0 Å². The number of ether oxygens (including phenoxy) is 4. The number of para-hydroxylation sites is 1. The maximum Gasteiger partial charge on any atom is 0.303 e. The number of amides is 1. The van der Waals surface area contributed by atoms with E-state index in [1.54, 1.807) is 36.4 Å². The van der Waals surface area contributed by atoms with Crippen molar-refractivity contribution in [3.05, 3.63) is 60.4 Å². The van der Waals surface area contributed by atoms with Gasteiger partial charge in [0.05, 0.1) is 40.3 Å². The van der Waals surface area contributed by atoms with Crippen molar-refractivity contribution in [1.82, 2.24) is 34.4 Å². The van der Waals surface area contributed by atoms with Gasteiger partial charge in [-0.3, -0.25) is 9.36 Å². The smallest absolute Gasteiger partial charge is 0.303 e. The monoisotopic (exact) mass is 555 g/mol. The van der Waals surface area contributed by atoms with E-state index in [1.807, 2.05) is 11.6 Å². The Kier molecular flexibility index (Phi) is 8.19. The lowest BCUT2D eigenvalue weighted by Gasteiger charge is -2.17. The predicted molar refractivity (Wildman–Crippen MR) is 138 cm³/mol. The van der Waals surface area contributed by atoms with Gasteiger partial charge in [0.2, 0.25) is 21.7 Å². The second-order valence-corrected chi connectivity index (χ2v) is 9.44. The molecule has 39 heavy (non-hydrogen) atoms. The van der Waals surface area contributed by atoms with Crippen LogP contribution < -0.4 is 23.7 Å². The third-order valence-corrected chi connectivity index (χ3v) is 6.36. The van der Waals surface area contributed by atoms with Crippen LogP contribution in [-0.4, -0.2) is 72.0 Å².